The molecule has 0 saturated heterocycles. The van der Waals surface area contributed by atoms with Gasteiger partial charge < -0.3 is 9.90 Å². The summed E-state index contributed by atoms with van der Waals surface area (Å²) < 4.78 is 25.2. The minimum atomic E-state index is -1.73. The Morgan fingerprint density at radius 3 is 2.38 bits per heavy atom. The van der Waals surface area contributed by atoms with E-state index in [0.717, 1.165) is 12.1 Å². The maximum atomic E-state index is 12.7. The van der Waals surface area contributed by atoms with Gasteiger partial charge in [0, 0.05) is 5.56 Å². The number of halogens is 3. The molecule has 0 aromatic heterocycles. The molecule has 0 amide bonds. The Bertz CT molecular complexity index is 344. The normalized spacial score (nSPS) is 9.15. The number of benzene rings is 1. The summed E-state index contributed by atoms with van der Waals surface area (Å²) in [4.78, 5) is 10.2. The third kappa shape index (κ3) is 2.64. The van der Waals surface area contributed by atoms with E-state index in [4.69, 9.17) is 11.6 Å². The minimum absolute atomic E-state index is 0. The van der Waals surface area contributed by atoms with Crippen LogP contribution in [0.1, 0.15) is 10.4 Å². The standard InChI is InChI=1S/C7H3ClF2O2.Na/c8-5-4(9)2-1-3(6(5)10)7(11)12;/h1-2H,(H,11,12);/q;+1/p-1. The summed E-state index contributed by atoms with van der Waals surface area (Å²) in [7, 11) is 0. The number of hydrogen-bond acceptors (Lipinski definition) is 2. The molecule has 0 aliphatic rings. The van der Waals surface area contributed by atoms with Crippen molar-refractivity contribution in [2.45, 2.75) is 0 Å². The zero-order valence-electron chi connectivity index (χ0n) is 6.61. The molecule has 0 aliphatic heterocycles. The van der Waals surface area contributed by atoms with E-state index in [2.05, 4.69) is 0 Å². The molecular weight excluding hydrogens is 213 g/mol. The van der Waals surface area contributed by atoms with Crippen LogP contribution < -0.4 is 34.7 Å². The van der Waals surface area contributed by atoms with Gasteiger partial charge in [-0.3, -0.25) is 0 Å². The van der Waals surface area contributed by atoms with E-state index in [1.54, 1.807) is 0 Å². The topological polar surface area (TPSA) is 40.1 Å². The van der Waals surface area contributed by atoms with Crippen LogP contribution in [0.2, 0.25) is 5.02 Å². The molecule has 0 radical (unpaired) electrons. The molecule has 1 rings (SSSR count). The molecule has 0 heterocycles. The van der Waals surface area contributed by atoms with Gasteiger partial charge >= 0.3 is 29.6 Å². The monoisotopic (exact) mass is 214 g/mol. The van der Waals surface area contributed by atoms with Crippen molar-refractivity contribution in [1.82, 2.24) is 0 Å². The van der Waals surface area contributed by atoms with Crippen LogP contribution in [-0.2, 0) is 0 Å². The predicted molar refractivity (Wildman–Crippen MR) is 35.7 cm³/mol. The Hall–Kier alpha value is -0.160. The number of hydrogen-bond donors (Lipinski definition) is 0. The number of aromatic carboxylic acids is 1. The Morgan fingerprint density at radius 2 is 1.92 bits per heavy atom. The first-order chi connectivity index (χ1) is 5.54. The maximum Gasteiger partial charge on any atom is 1.00 e. The number of carboxylic acid groups (broad SMARTS) is 1. The van der Waals surface area contributed by atoms with Crippen LogP contribution in [-0.4, -0.2) is 5.97 Å². The van der Waals surface area contributed by atoms with Gasteiger partial charge in [0.1, 0.15) is 10.8 Å². The molecule has 1 aromatic carbocycles. The van der Waals surface area contributed by atoms with Gasteiger partial charge in [0.05, 0.1) is 5.97 Å². The van der Waals surface area contributed by atoms with Gasteiger partial charge in [-0.05, 0) is 12.1 Å². The van der Waals surface area contributed by atoms with Crippen molar-refractivity contribution in [3.05, 3.63) is 34.4 Å². The third-order valence-corrected chi connectivity index (χ3v) is 1.60. The van der Waals surface area contributed by atoms with Crippen LogP contribution in [0.5, 0.6) is 0 Å². The molecule has 64 valence electrons. The molecule has 0 atom stereocenters. The average molecular weight is 215 g/mol. The summed E-state index contributed by atoms with van der Waals surface area (Å²) in [6, 6.07) is 1.52. The van der Waals surface area contributed by atoms with E-state index in [1.165, 1.54) is 0 Å². The number of carbonyl (C=O) groups excluding carboxylic acids is 1. The van der Waals surface area contributed by atoms with Crippen molar-refractivity contribution < 1.29 is 48.2 Å². The van der Waals surface area contributed by atoms with Crippen molar-refractivity contribution in [1.29, 1.82) is 0 Å². The third-order valence-electron chi connectivity index (χ3n) is 1.26. The average Bonchev–Trinajstić information content (AvgIpc) is 2.00. The zero-order valence-corrected chi connectivity index (χ0v) is 9.36. The predicted octanol–water partition coefficient (Wildman–Crippen LogP) is -2.01. The molecule has 0 bridgehead atoms. The SMILES string of the molecule is O=C([O-])c1ccc(F)c(Cl)c1F.[Na+]. The number of carboxylic acids is 1. The minimum Gasteiger partial charge on any atom is -0.545 e. The Kier molecular flexibility index (Phi) is 4.85. The van der Waals surface area contributed by atoms with Crippen LogP contribution in [0.4, 0.5) is 8.78 Å². The van der Waals surface area contributed by atoms with Crippen molar-refractivity contribution in [2.75, 3.05) is 0 Å². The molecule has 0 unspecified atom stereocenters. The van der Waals surface area contributed by atoms with Crippen molar-refractivity contribution in [2.24, 2.45) is 0 Å². The second-order valence-electron chi connectivity index (χ2n) is 2.01. The fraction of sp³-hybridized carbons (Fsp3) is 0. The van der Waals surface area contributed by atoms with Crippen LogP contribution in [0, 0.1) is 11.6 Å². The number of rotatable bonds is 1. The van der Waals surface area contributed by atoms with Crippen molar-refractivity contribution in [3.63, 3.8) is 0 Å². The van der Waals surface area contributed by atoms with Crippen LogP contribution in [0.25, 0.3) is 0 Å². The van der Waals surface area contributed by atoms with E-state index in [1.807, 2.05) is 0 Å². The molecule has 0 saturated carbocycles. The molecular formula is C7H2ClF2NaO2. The van der Waals surface area contributed by atoms with Crippen molar-refractivity contribution >= 4 is 17.6 Å². The Balaban J connectivity index is 0.00000144. The van der Waals surface area contributed by atoms with Crippen LogP contribution in [0.3, 0.4) is 0 Å². The van der Waals surface area contributed by atoms with Crippen LogP contribution in [0.15, 0.2) is 12.1 Å². The van der Waals surface area contributed by atoms with Crippen molar-refractivity contribution in [3.8, 4) is 0 Å². The molecule has 0 spiro atoms. The van der Waals surface area contributed by atoms with Gasteiger partial charge in [0.15, 0.2) is 5.82 Å². The fourth-order valence-electron chi connectivity index (χ4n) is 0.684. The molecule has 0 fully saturated rings. The van der Waals surface area contributed by atoms with Gasteiger partial charge in [0.2, 0.25) is 0 Å². The summed E-state index contributed by atoms with van der Waals surface area (Å²) in [6.07, 6.45) is 0. The Labute approximate surface area is 99.8 Å². The second-order valence-corrected chi connectivity index (χ2v) is 2.39. The van der Waals surface area contributed by atoms with E-state index in [0.29, 0.717) is 0 Å². The second kappa shape index (κ2) is 4.91. The summed E-state index contributed by atoms with van der Waals surface area (Å²) in [5.41, 5.74) is -0.749. The first-order valence-electron chi connectivity index (χ1n) is 2.89. The first-order valence-corrected chi connectivity index (χ1v) is 3.26. The van der Waals surface area contributed by atoms with Gasteiger partial charge in [-0.2, -0.15) is 0 Å². The molecule has 6 heteroatoms. The Morgan fingerprint density at radius 1 is 1.38 bits per heavy atom. The molecule has 1 aromatic rings. The van der Waals surface area contributed by atoms with E-state index in [9.17, 15) is 18.7 Å². The molecule has 0 aliphatic carbocycles. The largest absolute Gasteiger partial charge is 1.00 e. The zero-order chi connectivity index (χ0) is 9.30. The van der Waals surface area contributed by atoms with Gasteiger partial charge in [0.25, 0.3) is 0 Å². The van der Waals surface area contributed by atoms with Crippen LogP contribution >= 0.6 is 11.6 Å². The molecule has 13 heavy (non-hydrogen) atoms. The first kappa shape index (κ1) is 12.8. The maximum absolute atomic E-state index is 12.7. The summed E-state index contributed by atoms with van der Waals surface area (Å²) in [6.45, 7) is 0. The number of carbonyl (C=O) groups is 1. The fourth-order valence-corrected chi connectivity index (χ4v) is 0.848. The van der Waals surface area contributed by atoms with E-state index in [-0.39, 0.29) is 29.6 Å². The molecule has 2 nitrogen and oxygen atoms in total. The summed E-state index contributed by atoms with van der Waals surface area (Å²) in [5.74, 6) is -4.04. The smallest absolute Gasteiger partial charge is 0.545 e. The molecule has 0 N–H and O–H groups in total. The quantitative estimate of drug-likeness (QED) is 0.400. The van der Waals surface area contributed by atoms with E-state index < -0.39 is 28.2 Å². The van der Waals surface area contributed by atoms with Gasteiger partial charge in [-0.15, -0.1) is 0 Å². The van der Waals surface area contributed by atoms with E-state index >= 15 is 0 Å². The van der Waals surface area contributed by atoms with Gasteiger partial charge in [-0.25, -0.2) is 8.78 Å². The summed E-state index contributed by atoms with van der Waals surface area (Å²) >= 11 is 5.09. The summed E-state index contributed by atoms with van der Waals surface area (Å²) in [5, 5.41) is 9.32. The van der Waals surface area contributed by atoms with Gasteiger partial charge in [-0.1, -0.05) is 11.6 Å².